The van der Waals surface area contributed by atoms with E-state index in [1.807, 2.05) is 0 Å². The highest BCUT2D eigenvalue weighted by Gasteiger charge is 2.35. The summed E-state index contributed by atoms with van der Waals surface area (Å²) in [7, 11) is 0. The first-order chi connectivity index (χ1) is 10.9. The molecular formula is C16H16FN3O3. The molecule has 0 bridgehead atoms. The van der Waals surface area contributed by atoms with Gasteiger partial charge >= 0.3 is 5.97 Å². The van der Waals surface area contributed by atoms with Gasteiger partial charge in [0.2, 0.25) is 0 Å². The number of carbonyl (C=O) groups is 2. The maximum atomic E-state index is 13.1. The Morgan fingerprint density at radius 3 is 2.74 bits per heavy atom. The molecule has 0 saturated heterocycles. The first-order valence-corrected chi connectivity index (χ1v) is 7.30. The maximum Gasteiger partial charge on any atom is 0.306 e. The van der Waals surface area contributed by atoms with Crippen molar-refractivity contribution in [2.75, 3.05) is 0 Å². The van der Waals surface area contributed by atoms with Gasteiger partial charge in [-0.3, -0.25) is 9.59 Å². The zero-order chi connectivity index (χ0) is 16.6. The summed E-state index contributed by atoms with van der Waals surface area (Å²) in [6.07, 6.45) is 2.52. The third-order valence-corrected chi connectivity index (χ3v) is 4.05. The van der Waals surface area contributed by atoms with Gasteiger partial charge in [-0.2, -0.15) is 5.10 Å². The van der Waals surface area contributed by atoms with Crippen LogP contribution in [0.2, 0.25) is 0 Å². The minimum atomic E-state index is -0.827. The van der Waals surface area contributed by atoms with Gasteiger partial charge in [0.05, 0.1) is 11.6 Å². The van der Waals surface area contributed by atoms with Crippen LogP contribution in [0, 0.1) is 18.7 Å². The number of carboxylic acids is 1. The van der Waals surface area contributed by atoms with E-state index >= 15 is 0 Å². The van der Waals surface area contributed by atoms with Crippen LogP contribution in [0.5, 0.6) is 0 Å². The zero-order valence-corrected chi connectivity index (χ0v) is 12.5. The number of hydrogen-bond acceptors (Lipinski definition) is 3. The fourth-order valence-corrected chi connectivity index (χ4v) is 2.65. The molecule has 1 aliphatic carbocycles. The van der Waals surface area contributed by atoms with Gasteiger partial charge in [-0.05, 0) is 49.6 Å². The molecule has 1 saturated carbocycles. The fourth-order valence-electron chi connectivity index (χ4n) is 2.65. The number of amides is 1. The van der Waals surface area contributed by atoms with Crippen LogP contribution in [0.1, 0.15) is 28.9 Å². The molecule has 0 atom stereocenters. The van der Waals surface area contributed by atoms with E-state index in [4.69, 9.17) is 5.11 Å². The average Bonchev–Trinajstić information content (AvgIpc) is 2.91. The second kappa shape index (κ2) is 5.83. The fraction of sp³-hybridized carbons (Fsp3) is 0.312. The quantitative estimate of drug-likeness (QED) is 0.902. The van der Waals surface area contributed by atoms with E-state index in [0.717, 1.165) is 0 Å². The van der Waals surface area contributed by atoms with Crippen LogP contribution in [0.25, 0.3) is 5.69 Å². The molecule has 1 fully saturated rings. The first-order valence-electron chi connectivity index (χ1n) is 7.30. The monoisotopic (exact) mass is 317 g/mol. The Kier molecular flexibility index (Phi) is 3.85. The Labute approximate surface area is 131 Å². The number of nitrogens with zero attached hydrogens (tertiary/aromatic N) is 2. The van der Waals surface area contributed by atoms with Crippen LogP contribution < -0.4 is 5.32 Å². The van der Waals surface area contributed by atoms with Gasteiger partial charge in [0, 0.05) is 12.2 Å². The number of nitrogens with one attached hydrogen (secondary N) is 1. The molecule has 6 nitrogen and oxygen atoms in total. The third-order valence-electron chi connectivity index (χ3n) is 4.05. The first kappa shape index (κ1) is 15.2. The molecule has 23 heavy (non-hydrogen) atoms. The Balaban J connectivity index is 1.67. The van der Waals surface area contributed by atoms with Crippen LogP contribution in [0.4, 0.5) is 4.39 Å². The number of carbonyl (C=O) groups excluding carboxylic acids is 1. The molecule has 2 N–H and O–H groups in total. The normalized spacial score (nSPS) is 19.9. The standard InChI is InChI=1S/C16H16FN3O3/c1-9-6-11(17)2-3-14(9)20-5-4-13(19-20)15(21)18-12-7-10(8-12)16(22)23/h2-6,10,12H,7-8H2,1H3,(H,18,21)(H,22,23). The van der Waals surface area contributed by atoms with Crippen molar-refractivity contribution in [3.05, 3.63) is 47.5 Å². The summed E-state index contributed by atoms with van der Waals surface area (Å²) in [5.41, 5.74) is 1.65. The van der Waals surface area contributed by atoms with Crippen molar-refractivity contribution >= 4 is 11.9 Å². The third kappa shape index (κ3) is 3.08. The van der Waals surface area contributed by atoms with E-state index in [2.05, 4.69) is 10.4 Å². The van der Waals surface area contributed by atoms with Gasteiger partial charge < -0.3 is 10.4 Å². The van der Waals surface area contributed by atoms with Crippen molar-refractivity contribution in [2.45, 2.75) is 25.8 Å². The lowest BCUT2D eigenvalue weighted by Crippen LogP contribution is -2.46. The summed E-state index contributed by atoms with van der Waals surface area (Å²) in [5.74, 6) is -1.86. The molecule has 1 heterocycles. The topological polar surface area (TPSA) is 84.2 Å². The highest BCUT2D eigenvalue weighted by molar-refractivity contribution is 5.92. The molecular weight excluding hydrogens is 301 g/mol. The van der Waals surface area contributed by atoms with Crippen molar-refractivity contribution in [2.24, 2.45) is 5.92 Å². The minimum Gasteiger partial charge on any atom is -0.481 e. The second-order valence-corrected chi connectivity index (χ2v) is 5.75. The molecule has 1 aromatic heterocycles. The Hall–Kier alpha value is -2.70. The molecule has 3 rings (SSSR count). The van der Waals surface area contributed by atoms with E-state index in [-0.39, 0.29) is 29.4 Å². The summed E-state index contributed by atoms with van der Waals surface area (Å²) in [4.78, 5) is 22.9. The summed E-state index contributed by atoms with van der Waals surface area (Å²) >= 11 is 0. The summed E-state index contributed by atoms with van der Waals surface area (Å²) < 4.78 is 14.7. The predicted octanol–water partition coefficient (Wildman–Crippen LogP) is 1.91. The number of aliphatic carboxylic acids is 1. The number of rotatable bonds is 4. The van der Waals surface area contributed by atoms with Gasteiger partial charge in [-0.1, -0.05) is 0 Å². The summed E-state index contributed by atoms with van der Waals surface area (Å²) in [6.45, 7) is 1.76. The summed E-state index contributed by atoms with van der Waals surface area (Å²) in [5, 5.41) is 15.8. The van der Waals surface area contributed by atoms with Crippen LogP contribution in [0.3, 0.4) is 0 Å². The number of aryl methyl sites for hydroxylation is 1. The molecule has 1 amide bonds. The van der Waals surface area contributed by atoms with E-state index in [9.17, 15) is 14.0 Å². The number of halogens is 1. The number of aromatic nitrogens is 2. The Bertz CT molecular complexity index is 766. The van der Waals surface area contributed by atoms with Gasteiger partial charge in [-0.25, -0.2) is 9.07 Å². The maximum absolute atomic E-state index is 13.1. The lowest BCUT2D eigenvalue weighted by molar-refractivity contribution is -0.145. The minimum absolute atomic E-state index is 0.124. The van der Waals surface area contributed by atoms with Crippen molar-refractivity contribution in [1.82, 2.24) is 15.1 Å². The lowest BCUT2D eigenvalue weighted by atomic mass is 9.80. The highest BCUT2D eigenvalue weighted by atomic mass is 19.1. The molecule has 0 aliphatic heterocycles. The number of carboxylic acid groups (broad SMARTS) is 1. The van der Waals surface area contributed by atoms with Crippen molar-refractivity contribution < 1.29 is 19.1 Å². The molecule has 0 spiro atoms. The van der Waals surface area contributed by atoms with Crippen LogP contribution in [-0.2, 0) is 4.79 Å². The molecule has 120 valence electrons. The largest absolute Gasteiger partial charge is 0.481 e. The molecule has 0 unspecified atom stereocenters. The molecule has 7 heteroatoms. The van der Waals surface area contributed by atoms with E-state index in [1.54, 1.807) is 25.3 Å². The van der Waals surface area contributed by atoms with Gasteiger partial charge in [0.1, 0.15) is 5.82 Å². The summed E-state index contributed by atoms with van der Waals surface area (Å²) in [6, 6.07) is 5.79. The van der Waals surface area contributed by atoms with Crippen molar-refractivity contribution in [3.63, 3.8) is 0 Å². The Morgan fingerprint density at radius 1 is 1.35 bits per heavy atom. The van der Waals surface area contributed by atoms with E-state index in [1.165, 1.54) is 16.8 Å². The molecule has 1 aliphatic rings. The van der Waals surface area contributed by atoms with Gasteiger partial charge in [0.25, 0.3) is 5.91 Å². The Morgan fingerprint density at radius 2 is 2.09 bits per heavy atom. The van der Waals surface area contributed by atoms with Gasteiger partial charge in [-0.15, -0.1) is 0 Å². The predicted molar refractivity (Wildman–Crippen MR) is 79.9 cm³/mol. The van der Waals surface area contributed by atoms with E-state index < -0.39 is 5.97 Å². The zero-order valence-electron chi connectivity index (χ0n) is 12.5. The smallest absolute Gasteiger partial charge is 0.306 e. The lowest BCUT2D eigenvalue weighted by Gasteiger charge is -2.32. The molecule has 1 aromatic carbocycles. The van der Waals surface area contributed by atoms with Crippen LogP contribution in [0.15, 0.2) is 30.5 Å². The average molecular weight is 317 g/mol. The SMILES string of the molecule is Cc1cc(F)ccc1-n1ccc(C(=O)NC2CC(C(=O)O)C2)n1. The van der Waals surface area contributed by atoms with Crippen LogP contribution in [-0.4, -0.2) is 32.8 Å². The number of benzene rings is 1. The van der Waals surface area contributed by atoms with Crippen molar-refractivity contribution in [3.8, 4) is 5.69 Å². The van der Waals surface area contributed by atoms with E-state index in [0.29, 0.717) is 24.1 Å². The highest BCUT2D eigenvalue weighted by Crippen LogP contribution is 2.27. The molecule has 2 aromatic rings. The van der Waals surface area contributed by atoms with Crippen LogP contribution >= 0.6 is 0 Å². The van der Waals surface area contributed by atoms with Crippen molar-refractivity contribution in [1.29, 1.82) is 0 Å². The number of hydrogen-bond donors (Lipinski definition) is 2. The second-order valence-electron chi connectivity index (χ2n) is 5.75. The molecule has 0 radical (unpaired) electrons. The van der Waals surface area contributed by atoms with Gasteiger partial charge in [0.15, 0.2) is 5.69 Å².